The van der Waals surface area contributed by atoms with Gasteiger partial charge in [0.1, 0.15) is 0 Å². The van der Waals surface area contributed by atoms with Gasteiger partial charge in [0.05, 0.1) is 0 Å². The molecule has 134 valence electrons. The van der Waals surface area contributed by atoms with Gasteiger partial charge in [0.25, 0.3) is 0 Å². The molecule has 1 aromatic carbocycles. The molecule has 1 amide bonds. The van der Waals surface area contributed by atoms with Crippen molar-refractivity contribution in [2.45, 2.75) is 52.9 Å². The molecule has 0 aromatic heterocycles. The molecule has 2 atom stereocenters. The molecule has 1 N–H and O–H groups in total. The number of hydrogen-bond acceptors (Lipinski definition) is 2. The van der Waals surface area contributed by atoms with Gasteiger partial charge in [0, 0.05) is 18.7 Å². The lowest BCUT2D eigenvalue weighted by Gasteiger charge is -2.33. The summed E-state index contributed by atoms with van der Waals surface area (Å²) >= 11 is 0. The summed E-state index contributed by atoms with van der Waals surface area (Å²) in [6.07, 6.45) is 5.37. The number of piperidine rings is 1. The molecule has 0 bridgehead atoms. The van der Waals surface area contributed by atoms with Crippen LogP contribution in [0.15, 0.2) is 12.1 Å². The molecule has 3 nitrogen and oxygen atoms in total. The largest absolute Gasteiger partial charge is 0.316 e. The van der Waals surface area contributed by atoms with E-state index in [-0.39, 0.29) is 12.4 Å². The number of amides is 1. The van der Waals surface area contributed by atoms with Crippen molar-refractivity contribution in [2.24, 2.45) is 11.8 Å². The minimum Gasteiger partial charge on any atom is -0.316 e. The van der Waals surface area contributed by atoms with Crippen LogP contribution in [0.3, 0.4) is 0 Å². The second kappa shape index (κ2) is 8.35. The van der Waals surface area contributed by atoms with Gasteiger partial charge >= 0.3 is 0 Å². The van der Waals surface area contributed by atoms with E-state index in [0.29, 0.717) is 24.2 Å². The van der Waals surface area contributed by atoms with Crippen LogP contribution in [0.1, 0.15) is 49.3 Å². The van der Waals surface area contributed by atoms with Crippen molar-refractivity contribution in [1.29, 1.82) is 0 Å². The van der Waals surface area contributed by atoms with Crippen molar-refractivity contribution in [3.8, 4) is 0 Å². The van der Waals surface area contributed by atoms with E-state index in [0.717, 1.165) is 32.5 Å². The van der Waals surface area contributed by atoms with Crippen LogP contribution in [0.4, 0.5) is 5.69 Å². The molecule has 24 heavy (non-hydrogen) atoms. The molecule has 3 rings (SSSR count). The zero-order valence-electron chi connectivity index (χ0n) is 15.2. The van der Waals surface area contributed by atoms with Crippen molar-refractivity contribution >= 4 is 24.0 Å². The molecule has 1 aromatic rings. The number of carbonyl (C=O) groups is 1. The van der Waals surface area contributed by atoms with Crippen LogP contribution in [0, 0.1) is 25.7 Å². The van der Waals surface area contributed by atoms with Crippen molar-refractivity contribution in [2.75, 3.05) is 24.5 Å². The van der Waals surface area contributed by atoms with Gasteiger partial charge in [0.15, 0.2) is 0 Å². The fourth-order valence-corrected chi connectivity index (χ4v) is 4.25. The van der Waals surface area contributed by atoms with Crippen LogP contribution in [0.2, 0.25) is 0 Å². The maximum atomic E-state index is 12.9. The molecule has 1 fully saturated rings. The number of hydrogen-bond donors (Lipinski definition) is 1. The van der Waals surface area contributed by atoms with Crippen molar-refractivity contribution < 1.29 is 4.79 Å². The fraction of sp³-hybridized carbons (Fsp3) is 0.650. The van der Waals surface area contributed by atoms with Crippen molar-refractivity contribution in [1.82, 2.24) is 5.32 Å². The second-order valence-corrected chi connectivity index (χ2v) is 7.52. The van der Waals surface area contributed by atoms with E-state index in [4.69, 9.17) is 0 Å². The highest BCUT2D eigenvalue weighted by Crippen LogP contribution is 2.32. The van der Waals surface area contributed by atoms with E-state index >= 15 is 0 Å². The van der Waals surface area contributed by atoms with Gasteiger partial charge in [-0.2, -0.15) is 0 Å². The Morgan fingerprint density at radius 2 is 2.12 bits per heavy atom. The molecular weight excluding hydrogens is 320 g/mol. The summed E-state index contributed by atoms with van der Waals surface area (Å²) in [6.45, 7) is 9.64. The summed E-state index contributed by atoms with van der Waals surface area (Å²) in [4.78, 5) is 15.0. The zero-order chi connectivity index (χ0) is 16.4. The number of carbonyl (C=O) groups excluding carboxylic acids is 1. The Hall–Kier alpha value is -1.06. The molecule has 2 heterocycles. The lowest BCUT2D eigenvalue weighted by atomic mass is 9.85. The van der Waals surface area contributed by atoms with Gasteiger partial charge in [-0.1, -0.05) is 13.0 Å². The van der Waals surface area contributed by atoms with Gasteiger partial charge in [0.2, 0.25) is 5.91 Å². The summed E-state index contributed by atoms with van der Waals surface area (Å²) in [6, 6.07) is 4.44. The predicted molar refractivity (Wildman–Crippen MR) is 103 cm³/mol. The van der Waals surface area contributed by atoms with Crippen LogP contribution >= 0.6 is 12.4 Å². The quantitative estimate of drug-likeness (QED) is 0.892. The average molecular weight is 351 g/mol. The Morgan fingerprint density at radius 1 is 1.33 bits per heavy atom. The molecular formula is C20H31ClN2O. The number of nitrogens with zero attached hydrogens (tertiary/aromatic N) is 1. The first-order valence-electron chi connectivity index (χ1n) is 9.17. The summed E-state index contributed by atoms with van der Waals surface area (Å²) in [7, 11) is 0. The maximum Gasteiger partial charge on any atom is 0.227 e. The Morgan fingerprint density at radius 3 is 2.83 bits per heavy atom. The van der Waals surface area contributed by atoms with Gasteiger partial charge in [-0.05, 0) is 87.2 Å². The lowest BCUT2D eigenvalue weighted by molar-refractivity contribution is -0.119. The van der Waals surface area contributed by atoms with E-state index in [1.807, 2.05) is 0 Å². The van der Waals surface area contributed by atoms with E-state index in [9.17, 15) is 4.79 Å². The highest BCUT2D eigenvalue weighted by atomic mass is 35.5. The van der Waals surface area contributed by atoms with Crippen LogP contribution in [0.25, 0.3) is 0 Å². The van der Waals surface area contributed by atoms with Crippen molar-refractivity contribution in [3.05, 3.63) is 28.8 Å². The molecule has 0 aliphatic carbocycles. The Labute approximate surface area is 152 Å². The second-order valence-electron chi connectivity index (χ2n) is 7.52. The van der Waals surface area contributed by atoms with Crippen LogP contribution in [-0.2, 0) is 11.2 Å². The number of aryl methyl sites for hydroxylation is 2. The Bertz CT molecular complexity index is 581. The summed E-state index contributed by atoms with van der Waals surface area (Å²) in [5.74, 6) is 1.43. The molecule has 0 saturated carbocycles. The van der Waals surface area contributed by atoms with Crippen LogP contribution in [-0.4, -0.2) is 25.5 Å². The van der Waals surface area contributed by atoms with Crippen LogP contribution in [0.5, 0.6) is 0 Å². The highest BCUT2D eigenvalue weighted by Gasteiger charge is 2.28. The first-order valence-corrected chi connectivity index (χ1v) is 9.17. The Balaban J connectivity index is 0.00000208. The summed E-state index contributed by atoms with van der Waals surface area (Å²) in [5.41, 5.74) is 5.14. The number of halogens is 1. The minimum absolute atomic E-state index is 0. The molecule has 4 heteroatoms. The Kier molecular flexibility index (Phi) is 6.70. The lowest BCUT2D eigenvalue weighted by Crippen LogP contribution is -2.39. The van der Waals surface area contributed by atoms with E-state index in [1.165, 1.54) is 35.2 Å². The zero-order valence-corrected chi connectivity index (χ0v) is 16.0. The predicted octanol–water partition coefficient (Wildman–Crippen LogP) is 4.03. The van der Waals surface area contributed by atoms with E-state index < -0.39 is 0 Å². The number of benzene rings is 1. The third-order valence-corrected chi connectivity index (χ3v) is 5.63. The molecule has 2 unspecified atom stereocenters. The molecule has 1 saturated heterocycles. The molecule has 0 spiro atoms. The van der Waals surface area contributed by atoms with E-state index in [1.54, 1.807) is 0 Å². The standard InChI is InChI=1S/C20H30N2O.ClH/c1-14-10-16(3)18-7-5-9-22(19(18)11-14)20(23)12-15(2)17-6-4-8-21-13-17;/h10-11,15,17,21H,4-9,12-13H2,1-3H3;1H. The molecule has 2 aliphatic rings. The first kappa shape index (κ1) is 19.3. The minimum atomic E-state index is 0. The van der Waals surface area contributed by atoms with Crippen LogP contribution < -0.4 is 10.2 Å². The third kappa shape index (κ3) is 4.12. The van der Waals surface area contributed by atoms with Gasteiger partial charge < -0.3 is 10.2 Å². The monoisotopic (exact) mass is 350 g/mol. The average Bonchev–Trinajstić information content (AvgIpc) is 2.55. The SMILES string of the molecule is Cc1cc(C)c2c(c1)N(C(=O)CC(C)C1CCCNC1)CCC2.Cl. The normalized spacial score (nSPS) is 21.6. The topological polar surface area (TPSA) is 32.3 Å². The molecule has 2 aliphatic heterocycles. The smallest absolute Gasteiger partial charge is 0.227 e. The maximum absolute atomic E-state index is 12.9. The van der Waals surface area contributed by atoms with Gasteiger partial charge in [-0.3, -0.25) is 4.79 Å². The first-order chi connectivity index (χ1) is 11.1. The number of anilines is 1. The van der Waals surface area contributed by atoms with E-state index in [2.05, 4.69) is 43.1 Å². The highest BCUT2D eigenvalue weighted by molar-refractivity contribution is 5.95. The number of fused-ring (bicyclic) bond motifs is 1. The summed E-state index contributed by atoms with van der Waals surface area (Å²) < 4.78 is 0. The third-order valence-electron chi connectivity index (χ3n) is 5.63. The van der Waals surface area contributed by atoms with Crippen molar-refractivity contribution in [3.63, 3.8) is 0 Å². The summed E-state index contributed by atoms with van der Waals surface area (Å²) in [5, 5.41) is 3.47. The molecule has 0 radical (unpaired) electrons. The number of nitrogens with one attached hydrogen (secondary N) is 1. The number of rotatable bonds is 3. The fourth-order valence-electron chi connectivity index (χ4n) is 4.25. The van der Waals surface area contributed by atoms with Gasteiger partial charge in [-0.25, -0.2) is 0 Å². The van der Waals surface area contributed by atoms with Gasteiger partial charge in [-0.15, -0.1) is 12.4 Å².